The summed E-state index contributed by atoms with van der Waals surface area (Å²) in [5.74, 6) is 1.24. The van der Waals surface area contributed by atoms with Gasteiger partial charge in [-0.25, -0.2) is 4.98 Å². The van der Waals surface area contributed by atoms with E-state index >= 15 is 0 Å². The Balaban J connectivity index is 1.97. The molecule has 3 heterocycles. The van der Waals surface area contributed by atoms with Crippen LogP contribution in [0.2, 0.25) is 0 Å². The molecule has 1 N–H and O–H groups in total. The molecule has 0 radical (unpaired) electrons. The van der Waals surface area contributed by atoms with Gasteiger partial charge in [0.25, 0.3) is 0 Å². The maximum absolute atomic E-state index is 5.88. The molecule has 0 bridgehead atoms. The van der Waals surface area contributed by atoms with Crippen molar-refractivity contribution >= 4 is 27.5 Å². The van der Waals surface area contributed by atoms with Gasteiger partial charge in [0.05, 0.1) is 18.6 Å². The Hall–Kier alpha value is -1.40. The molecule has 0 saturated carbocycles. The minimum absolute atomic E-state index is 0.109. The van der Waals surface area contributed by atoms with Gasteiger partial charge in [-0.15, -0.1) is 11.3 Å². The molecule has 5 nitrogen and oxygen atoms in total. The average Bonchev–Trinajstić information content (AvgIpc) is 2.98. The number of fused-ring (bicyclic) bond motifs is 1. The minimum Gasteiger partial charge on any atom is -0.471 e. The fourth-order valence-corrected chi connectivity index (χ4v) is 2.55. The Bertz CT molecular complexity index is 522. The predicted octanol–water partition coefficient (Wildman–Crippen LogP) is 1.90. The highest BCUT2D eigenvalue weighted by Gasteiger charge is 2.20. The molecule has 1 atom stereocenters. The molecule has 2 aromatic rings. The lowest BCUT2D eigenvalue weighted by Gasteiger charge is -2.12. The summed E-state index contributed by atoms with van der Waals surface area (Å²) in [7, 11) is 1.80. The summed E-state index contributed by atoms with van der Waals surface area (Å²) >= 11 is 1.59. The van der Waals surface area contributed by atoms with Crippen LogP contribution in [0.15, 0.2) is 11.4 Å². The van der Waals surface area contributed by atoms with Crippen molar-refractivity contribution in [3.63, 3.8) is 0 Å². The van der Waals surface area contributed by atoms with Crippen LogP contribution in [0.3, 0.4) is 0 Å². The van der Waals surface area contributed by atoms with Crippen molar-refractivity contribution in [3.8, 4) is 5.88 Å². The van der Waals surface area contributed by atoms with Crippen LogP contribution in [-0.2, 0) is 4.74 Å². The molecule has 0 amide bonds. The maximum atomic E-state index is 5.88. The van der Waals surface area contributed by atoms with Crippen molar-refractivity contribution in [1.29, 1.82) is 0 Å². The van der Waals surface area contributed by atoms with E-state index in [1.165, 1.54) is 0 Å². The predicted molar refractivity (Wildman–Crippen MR) is 66.8 cm³/mol. The Morgan fingerprint density at radius 2 is 2.47 bits per heavy atom. The summed E-state index contributed by atoms with van der Waals surface area (Å²) in [4.78, 5) is 9.68. The summed E-state index contributed by atoms with van der Waals surface area (Å²) < 4.78 is 11.2. The molecule has 1 aliphatic rings. The van der Waals surface area contributed by atoms with Crippen molar-refractivity contribution in [3.05, 3.63) is 11.4 Å². The number of thiophene rings is 1. The number of nitrogens with zero attached hydrogens (tertiary/aromatic N) is 2. The van der Waals surface area contributed by atoms with Gasteiger partial charge in [0.15, 0.2) is 0 Å². The minimum atomic E-state index is 0.109. The molecule has 0 spiro atoms. The molecule has 3 rings (SSSR count). The van der Waals surface area contributed by atoms with E-state index in [0.717, 1.165) is 23.2 Å². The molecule has 1 unspecified atom stereocenters. The van der Waals surface area contributed by atoms with E-state index in [9.17, 15) is 0 Å². The van der Waals surface area contributed by atoms with E-state index in [0.29, 0.717) is 18.4 Å². The van der Waals surface area contributed by atoms with Crippen molar-refractivity contribution < 1.29 is 9.47 Å². The number of nitrogens with one attached hydrogen (secondary N) is 1. The van der Waals surface area contributed by atoms with Gasteiger partial charge < -0.3 is 14.8 Å². The monoisotopic (exact) mass is 251 g/mol. The second-order valence-corrected chi connectivity index (χ2v) is 4.74. The Labute approximate surface area is 103 Å². The highest BCUT2D eigenvalue weighted by atomic mass is 32.1. The van der Waals surface area contributed by atoms with Crippen LogP contribution in [0.4, 0.5) is 5.95 Å². The fraction of sp³-hybridized carbons (Fsp3) is 0.455. The number of ether oxygens (including phenoxy) is 2. The Morgan fingerprint density at radius 1 is 1.53 bits per heavy atom. The van der Waals surface area contributed by atoms with E-state index in [-0.39, 0.29) is 6.10 Å². The lowest BCUT2D eigenvalue weighted by Crippen LogP contribution is -2.17. The number of hydrogen-bond donors (Lipinski definition) is 1. The second kappa shape index (κ2) is 4.46. The number of anilines is 1. The van der Waals surface area contributed by atoms with Gasteiger partial charge in [0.1, 0.15) is 10.9 Å². The zero-order valence-corrected chi connectivity index (χ0v) is 10.3. The molecular formula is C11H13N3O2S. The summed E-state index contributed by atoms with van der Waals surface area (Å²) in [6, 6.07) is 1.99. The van der Waals surface area contributed by atoms with Gasteiger partial charge in [-0.3, -0.25) is 0 Å². The number of hydrogen-bond acceptors (Lipinski definition) is 6. The first-order valence-electron chi connectivity index (χ1n) is 5.54. The summed E-state index contributed by atoms with van der Waals surface area (Å²) in [5, 5.41) is 5.92. The first kappa shape index (κ1) is 10.7. The third-order valence-electron chi connectivity index (χ3n) is 2.68. The second-order valence-electron chi connectivity index (χ2n) is 3.85. The van der Waals surface area contributed by atoms with Gasteiger partial charge in [-0.2, -0.15) is 4.98 Å². The molecule has 1 fully saturated rings. The van der Waals surface area contributed by atoms with Crippen LogP contribution in [-0.4, -0.2) is 36.3 Å². The highest BCUT2D eigenvalue weighted by Crippen LogP contribution is 2.29. The quantitative estimate of drug-likeness (QED) is 0.903. The lowest BCUT2D eigenvalue weighted by atomic mass is 10.3. The van der Waals surface area contributed by atoms with Gasteiger partial charge in [-0.05, 0) is 11.4 Å². The molecule has 90 valence electrons. The molecule has 0 aromatic carbocycles. The summed E-state index contributed by atoms with van der Waals surface area (Å²) in [5.41, 5.74) is 0. The van der Waals surface area contributed by atoms with E-state index < -0.39 is 0 Å². The normalized spacial score (nSPS) is 19.7. The molecular weight excluding hydrogens is 238 g/mol. The van der Waals surface area contributed by atoms with Crippen molar-refractivity contribution in [2.45, 2.75) is 12.5 Å². The van der Waals surface area contributed by atoms with Crippen LogP contribution in [0, 0.1) is 0 Å². The Morgan fingerprint density at radius 3 is 3.24 bits per heavy atom. The lowest BCUT2D eigenvalue weighted by molar-refractivity contribution is 0.139. The third-order valence-corrected chi connectivity index (χ3v) is 3.49. The first-order chi connectivity index (χ1) is 8.36. The van der Waals surface area contributed by atoms with E-state index in [2.05, 4.69) is 15.3 Å². The molecule has 2 aromatic heterocycles. The number of aromatic nitrogens is 2. The standard InChI is InChI=1S/C11H13N3O2S/c1-12-11-13-9(16-7-2-4-15-6-7)8-3-5-17-10(8)14-11/h3,5,7H,2,4,6H2,1H3,(H,12,13,14). The van der Waals surface area contributed by atoms with Gasteiger partial charge >= 0.3 is 0 Å². The van der Waals surface area contributed by atoms with Gasteiger partial charge in [-0.1, -0.05) is 0 Å². The maximum Gasteiger partial charge on any atom is 0.227 e. The zero-order valence-electron chi connectivity index (χ0n) is 9.47. The molecule has 0 aliphatic carbocycles. The summed E-state index contributed by atoms with van der Waals surface area (Å²) in [6.45, 7) is 1.41. The topological polar surface area (TPSA) is 56.3 Å². The molecule has 1 aliphatic heterocycles. The fourth-order valence-electron chi connectivity index (χ4n) is 1.79. The molecule has 6 heteroatoms. The highest BCUT2D eigenvalue weighted by molar-refractivity contribution is 7.16. The van der Waals surface area contributed by atoms with Crippen molar-refractivity contribution in [2.75, 3.05) is 25.6 Å². The van der Waals surface area contributed by atoms with Crippen molar-refractivity contribution in [1.82, 2.24) is 9.97 Å². The first-order valence-corrected chi connectivity index (χ1v) is 6.42. The molecule has 1 saturated heterocycles. The van der Waals surface area contributed by atoms with Crippen LogP contribution in [0.5, 0.6) is 5.88 Å². The van der Waals surface area contributed by atoms with Crippen molar-refractivity contribution in [2.24, 2.45) is 0 Å². The zero-order chi connectivity index (χ0) is 11.7. The van der Waals surface area contributed by atoms with E-state index in [1.54, 1.807) is 18.4 Å². The van der Waals surface area contributed by atoms with Crippen LogP contribution in [0.25, 0.3) is 10.2 Å². The number of rotatable bonds is 3. The van der Waals surface area contributed by atoms with E-state index in [4.69, 9.17) is 9.47 Å². The van der Waals surface area contributed by atoms with E-state index in [1.807, 2.05) is 11.4 Å². The largest absolute Gasteiger partial charge is 0.471 e. The molecule has 17 heavy (non-hydrogen) atoms. The SMILES string of the molecule is CNc1nc(OC2CCOC2)c2ccsc2n1. The summed E-state index contributed by atoms with van der Waals surface area (Å²) in [6.07, 6.45) is 1.03. The third kappa shape index (κ3) is 2.05. The van der Waals surface area contributed by atoms with Crippen LogP contribution < -0.4 is 10.1 Å². The van der Waals surface area contributed by atoms with Crippen LogP contribution >= 0.6 is 11.3 Å². The smallest absolute Gasteiger partial charge is 0.227 e. The van der Waals surface area contributed by atoms with Gasteiger partial charge in [0, 0.05) is 13.5 Å². The van der Waals surface area contributed by atoms with Gasteiger partial charge in [0.2, 0.25) is 11.8 Å². The Kier molecular flexibility index (Phi) is 2.82. The average molecular weight is 251 g/mol. The van der Waals surface area contributed by atoms with Crippen LogP contribution in [0.1, 0.15) is 6.42 Å².